The third-order valence-corrected chi connectivity index (χ3v) is 4.08. The summed E-state index contributed by atoms with van der Waals surface area (Å²) in [5, 5.41) is 0. The van der Waals surface area contributed by atoms with Crippen LogP contribution in [-0.4, -0.2) is 28.9 Å². The molecule has 1 unspecified atom stereocenters. The van der Waals surface area contributed by atoms with Crippen LogP contribution in [0.4, 0.5) is 0 Å². The molecular formula is C16H24N2O. The smallest absolute Gasteiger partial charge is 0.254 e. The molecule has 19 heavy (non-hydrogen) atoms. The lowest BCUT2D eigenvalue weighted by Gasteiger charge is -2.45. The van der Waals surface area contributed by atoms with Crippen molar-refractivity contribution >= 4 is 5.91 Å². The molecule has 2 N–H and O–H groups in total. The quantitative estimate of drug-likeness (QED) is 0.843. The van der Waals surface area contributed by atoms with Gasteiger partial charge in [-0.05, 0) is 52.2 Å². The molecule has 3 heteroatoms. The third-order valence-electron chi connectivity index (χ3n) is 4.08. The maximum absolute atomic E-state index is 12.8. The standard InChI is InChI=1S/C16H24N2O/c1-11-5-6-12(2)14(9-11)15(19)18-8-7-13(17)10-16(18,3)4/h5-6,9,13H,7-8,10,17H2,1-4H3. The van der Waals surface area contributed by atoms with Gasteiger partial charge < -0.3 is 10.6 Å². The fraction of sp³-hybridized carbons (Fsp3) is 0.562. The summed E-state index contributed by atoms with van der Waals surface area (Å²) in [5.74, 6) is 0.137. The molecule has 1 aliphatic heterocycles. The number of benzene rings is 1. The number of piperidine rings is 1. The molecule has 1 amide bonds. The summed E-state index contributed by atoms with van der Waals surface area (Å²) in [7, 11) is 0. The molecule has 1 aromatic carbocycles. The van der Waals surface area contributed by atoms with Crippen LogP contribution in [0.1, 0.15) is 48.2 Å². The molecule has 0 saturated carbocycles. The summed E-state index contributed by atoms with van der Waals surface area (Å²) >= 11 is 0. The van der Waals surface area contributed by atoms with E-state index in [1.807, 2.05) is 36.9 Å². The Balaban J connectivity index is 2.31. The molecule has 104 valence electrons. The Labute approximate surface area is 115 Å². The number of nitrogens with two attached hydrogens (primary N) is 1. The van der Waals surface area contributed by atoms with Gasteiger partial charge in [0.25, 0.3) is 5.91 Å². The van der Waals surface area contributed by atoms with Gasteiger partial charge in [-0.25, -0.2) is 0 Å². The first kappa shape index (κ1) is 14.1. The predicted molar refractivity (Wildman–Crippen MR) is 78.2 cm³/mol. The molecule has 0 spiro atoms. The number of carbonyl (C=O) groups is 1. The van der Waals surface area contributed by atoms with Crippen LogP contribution < -0.4 is 5.73 Å². The highest BCUT2D eigenvalue weighted by Crippen LogP contribution is 2.29. The van der Waals surface area contributed by atoms with Crippen molar-refractivity contribution in [3.8, 4) is 0 Å². The normalized spacial score (nSPS) is 22.4. The number of hydrogen-bond donors (Lipinski definition) is 1. The highest BCUT2D eigenvalue weighted by Gasteiger charge is 2.37. The first-order valence-corrected chi connectivity index (χ1v) is 6.96. The first-order chi connectivity index (χ1) is 8.81. The number of likely N-dealkylation sites (tertiary alicyclic amines) is 1. The van der Waals surface area contributed by atoms with Gasteiger partial charge in [0.05, 0.1) is 0 Å². The van der Waals surface area contributed by atoms with E-state index in [-0.39, 0.29) is 17.5 Å². The Kier molecular flexibility index (Phi) is 3.68. The van der Waals surface area contributed by atoms with Crippen LogP contribution in [0.25, 0.3) is 0 Å². The van der Waals surface area contributed by atoms with E-state index in [0.717, 1.165) is 36.1 Å². The number of amides is 1. The van der Waals surface area contributed by atoms with Crippen LogP contribution in [0.2, 0.25) is 0 Å². The average molecular weight is 260 g/mol. The zero-order valence-electron chi connectivity index (χ0n) is 12.4. The topological polar surface area (TPSA) is 46.3 Å². The highest BCUT2D eigenvalue weighted by atomic mass is 16.2. The number of carbonyl (C=O) groups excluding carboxylic acids is 1. The lowest BCUT2D eigenvalue weighted by atomic mass is 9.86. The van der Waals surface area contributed by atoms with Crippen LogP contribution in [0.5, 0.6) is 0 Å². The van der Waals surface area contributed by atoms with Crippen LogP contribution in [-0.2, 0) is 0 Å². The lowest BCUT2D eigenvalue weighted by Crippen LogP contribution is -2.55. The molecule has 0 aliphatic carbocycles. The van der Waals surface area contributed by atoms with Crippen LogP contribution in [0.15, 0.2) is 18.2 Å². The van der Waals surface area contributed by atoms with E-state index in [9.17, 15) is 4.79 Å². The Morgan fingerprint density at radius 1 is 1.37 bits per heavy atom. The molecule has 1 aliphatic rings. The molecule has 1 atom stereocenters. The molecule has 1 fully saturated rings. The summed E-state index contributed by atoms with van der Waals surface area (Å²) in [5.41, 5.74) is 8.86. The van der Waals surface area contributed by atoms with Crippen molar-refractivity contribution in [3.63, 3.8) is 0 Å². The Morgan fingerprint density at radius 2 is 2.05 bits per heavy atom. The van der Waals surface area contributed by atoms with Crippen molar-refractivity contribution in [2.75, 3.05) is 6.54 Å². The Hall–Kier alpha value is -1.35. The number of nitrogens with zero attached hydrogens (tertiary/aromatic N) is 1. The van der Waals surface area contributed by atoms with Gasteiger partial charge >= 0.3 is 0 Å². The van der Waals surface area contributed by atoms with E-state index in [4.69, 9.17) is 5.73 Å². The predicted octanol–water partition coefficient (Wildman–Crippen LogP) is 2.65. The van der Waals surface area contributed by atoms with Gasteiger partial charge in [-0.3, -0.25) is 4.79 Å². The van der Waals surface area contributed by atoms with Crippen molar-refractivity contribution in [2.45, 2.75) is 52.1 Å². The van der Waals surface area contributed by atoms with E-state index in [2.05, 4.69) is 13.8 Å². The van der Waals surface area contributed by atoms with Gasteiger partial charge in [0, 0.05) is 23.7 Å². The number of hydrogen-bond acceptors (Lipinski definition) is 2. The monoisotopic (exact) mass is 260 g/mol. The second-order valence-electron chi connectivity index (χ2n) is 6.34. The van der Waals surface area contributed by atoms with Crippen molar-refractivity contribution in [2.24, 2.45) is 5.73 Å². The van der Waals surface area contributed by atoms with Gasteiger partial charge in [-0.1, -0.05) is 17.7 Å². The van der Waals surface area contributed by atoms with Crippen molar-refractivity contribution in [3.05, 3.63) is 34.9 Å². The maximum atomic E-state index is 12.8. The van der Waals surface area contributed by atoms with E-state index >= 15 is 0 Å². The maximum Gasteiger partial charge on any atom is 0.254 e. The Morgan fingerprint density at radius 3 is 2.68 bits per heavy atom. The number of rotatable bonds is 1. The van der Waals surface area contributed by atoms with Crippen molar-refractivity contribution in [1.82, 2.24) is 4.90 Å². The second kappa shape index (κ2) is 4.97. The third kappa shape index (κ3) is 2.81. The zero-order chi connectivity index (χ0) is 14.2. The Bertz CT molecular complexity index is 494. The summed E-state index contributed by atoms with van der Waals surface area (Å²) in [4.78, 5) is 14.8. The van der Waals surface area contributed by atoms with Crippen LogP contribution in [0, 0.1) is 13.8 Å². The minimum atomic E-state index is -0.162. The van der Waals surface area contributed by atoms with Gasteiger partial charge in [0.1, 0.15) is 0 Å². The zero-order valence-corrected chi connectivity index (χ0v) is 12.4. The molecule has 1 aromatic rings. The van der Waals surface area contributed by atoms with E-state index in [0.29, 0.717) is 0 Å². The fourth-order valence-electron chi connectivity index (χ4n) is 2.94. The van der Waals surface area contributed by atoms with E-state index in [1.54, 1.807) is 0 Å². The molecule has 0 bridgehead atoms. The van der Waals surface area contributed by atoms with Gasteiger partial charge in [0.2, 0.25) is 0 Å². The molecule has 2 rings (SSSR count). The van der Waals surface area contributed by atoms with E-state index < -0.39 is 0 Å². The summed E-state index contributed by atoms with van der Waals surface area (Å²) in [6.45, 7) is 8.98. The number of aryl methyl sites for hydroxylation is 2. The van der Waals surface area contributed by atoms with Gasteiger partial charge in [0.15, 0.2) is 0 Å². The fourth-order valence-corrected chi connectivity index (χ4v) is 2.94. The lowest BCUT2D eigenvalue weighted by molar-refractivity contribution is 0.0399. The molecule has 3 nitrogen and oxygen atoms in total. The van der Waals surface area contributed by atoms with E-state index in [1.165, 1.54) is 0 Å². The van der Waals surface area contributed by atoms with Crippen molar-refractivity contribution in [1.29, 1.82) is 0 Å². The largest absolute Gasteiger partial charge is 0.333 e. The summed E-state index contributed by atoms with van der Waals surface area (Å²) < 4.78 is 0. The summed E-state index contributed by atoms with van der Waals surface area (Å²) in [6.07, 6.45) is 1.75. The van der Waals surface area contributed by atoms with Crippen LogP contribution in [0.3, 0.4) is 0 Å². The molecule has 1 heterocycles. The second-order valence-corrected chi connectivity index (χ2v) is 6.34. The van der Waals surface area contributed by atoms with Gasteiger partial charge in [-0.2, -0.15) is 0 Å². The average Bonchev–Trinajstić information content (AvgIpc) is 2.30. The molecule has 1 saturated heterocycles. The molecule has 0 radical (unpaired) electrons. The highest BCUT2D eigenvalue weighted by molar-refractivity contribution is 5.96. The SMILES string of the molecule is Cc1ccc(C)c(C(=O)N2CCC(N)CC2(C)C)c1. The molecule has 0 aromatic heterocycles. The molecular weight excluding hydrogens is 236 g/mol. The summed E-state index contributed by atoms with van der Waals surface area (Å²) in [6, 6.07) is 6.26. The van der Waals surface area contributed by atoms with Crippen LogP contribution >= 0.6 is 0 Å². The minimum Gasteiger partial charge on any atom is -0.333 e. The van der Waals surface area contributed by atoms with Crippen molar-refractivity contribution < 1.29 is 4.79 Å². The first-order valence-electron chi connectivity index (χ1n) is 6.96. The minimum absolute atomic E-state index is 0.137. The van der Waals surface area contributed by atoms with Gasteiger partial charge in [-0.15, -0.1) is 0 Å².